The maximum atomic E-state index is 12.7. The Morgan fingerprint density at radius 1 is 1.06 bits per heavy atom. The molecule has 0 atom stereocenters. The van der Waals surface area contributed by atoms with E-state index in [-0.39, 0.29) is 11.8 Å². The van der Waals surface area contributed by atoms with Crippen LogP contribution in [-0.4, -0.2) is 42.9 Å². The Balaban J connectivity index is 1.56. The summed E-state index contributed by atoms with van der Waals surface area (Å²) in [5, 5.41) is 5.97. The molecule has 0 bridgehead atoms. The van der Waals surface area contributed by atoms with Crippen LogP contribution in [0.15, 0.2) is 52.3 Å². The molecule has 1 aliphatic rings. The first-order valence-electron chi connectivity index (χ1n) is 12.1. The number of hydrogen-bond donors (Lipinski definition) is 2. The fourth-order valence-electron chi connectivity index (χ4n) is 4.01. The Labute approximate surface area is 208 Å². The number of anilines is 1. The van der Waals surface area contributed by atoms with E-state index >= 15 is 0 Å². The van der Waals surface area contributed by atoms with Crippen molar-refractivity contribution >= 4 is 35.3 Å². The third-order valence-electron chi connectivity index (χ3n) is 5.49. The molecule has 5 nitrogen and oxygen atoms in total. The van der Waals surface area contributed by atoms with Crippen LogP contribution < -0.4 is 10.6 Å². The molecule has 0 aliphatic carbocycles. The van der Waals surface area contributed by atoms with Gasteiger partial charge in [0.2, 0.25) is 0 Å². The average Bonchev–Trinajstić information content (AvgIpc) is 2.77. The molecule has 0 fully saturated rings. The van der Waals surface area contributed by atoms with Gasteiger partial charge >= 0.3 is 0 Å². The van der Waals surface area contributed by atoms with Crippen LogP contribution in [0.5, 0.6) is 0 Å². The molecule has 0 radical (unpaired) electrons. The molecule has 6 heteroatoms. The van der Waals surface area contributed by atoms with E-state index in [9.17, 15) is 9.59 Å². The second kappa shape index (κ2) is 12.2. The Morgan fingerprint density at radius 2 is 1.74 bits per heavy atom. The highest BCUT2D eigenvalue weighted by atomic mass is 32.2. The third kappa shape index (κ3) is 7.74. The molecule has 1 aliphatic heterocycles. The van der Waals surface area contributed by atoms with Crippen LogP contribution >= 0.6 is 11.8 Å². The molecular formula is C28H37N3O2S. The van der Waals surface area contributed by atoms with Gasteiger partial charge in [0, 0.05) is 30.1 Å². The van der Waals surface area contributed by atoms with Gasteiger partial charge in [-0.1, -0.05) is 69.3 Å². The number of aryl methyl sites for hydroxylation is 1. The van der Waals surface area contributed by atoms with Crippen molar-refractivity contribution in [1.29, 1.82) is 0 Å². The second-order valence-electron chi connectivity index (χ2n) is 9.84. The van der Waals surface area contributed by atoms with Gasteiger partial charge in [0.1, 0.15) is 0 Å². The molecule has 2 amide bonds. The summed E-state index contributed by atoms with van der Waals surface area (Å²) in [7, 11) is 0. The summed E-state index contributed by atoms with van der Waals surface area (Å²) >= 11 is 1.43. The highest BCUT2D eigenvalue weighted by Crippen LogP contribution is 2.39. The number of nitrogens with zero attached hydrogens (tertiary/aromatic N) is 1. The zero-order chi connectivity index (χ0) is 24.7. The van der Waals surface area contributed by atoms with Gasteiger partial charge in [-0.3, -0.25) is 9.59 Å². The van der Waals surface area contributed by atoms with Crippen LogP contribution in [0.1, 0.15) is 55.6 Å². The van der Waals surface area contributed by atoms with Crippen LogP contribution in [0.25, 0.3) is 6.08 Å². The standard InChI is InChI=1S/C28H37N3O2S/c1-19(2)17-31(18-20(3)4)14-6-13-29-27(32)23-11-12-25-24(16-23)30-28(33)26(34-25)15-22-9-7-21(5)8-10-22/h7-12,15-16,19-20H,6,13-14,17-18H2,1-5H3,(H,29,32)(H,30,33). The highest BCUT2D eigenvalue weighted by molar-refractivity contribution is 8.04. The molecule has 182 valence electrons. The summed E-state index contributed by atoms with van der Waals surface area (Å²) in [4.78, 5) is 29.4. The van der Waals surface area contributed by atoms with E-state index in [4.69, 9.17) is 0 Å². The molecule has 0 spiro atoms. The van der Waals surface area contributed by atoms with Crippen molar-refractivity contribution in [2.75, 3.05) is 31.5 Å². The van der Waals surface area contributed by atoms with Crippen LogP contribution in [0.2, 0.25) is 0 Å². The summed E-state index contributed by atoms with van der Waals surface area (Å²) in [6.07, 6.45) is 2.81. The van der Waals surface area contributed by atoms with Gasteiger partial charge in [-0.2, -0.15) is 0 Å². The van der Waals surface area contributed by atoms with Gasteiger partial charge in [0.25, 0.3) is 11.8 Å². The van der Waals surface area contributed by atoms with E-state index in [0.717, 1.165) is 36.5 Å². The Hall–Kier alpha value is -2.57. The lowest BCUT2D eigenvalue weighted by Gasteiger charge is -2.26. The van der Waals surface area contributed by atoms with Gasteiger partial charge < -0.3 is 15.5 Å². The maximum absolute atomic E-state index is 12.7. The zero-order valence-corrected chi connectivity index (χ0v) is 21.8. The van der Waals surface area contributed by atoms with Gasteiger partial charge in [0.05, 0.1) is 10.6 Å². The molecule has 0 aromatic heterocycles. The monoisotopic (exact) mass is 479 g/mol. The number of rotatable bonds is 10. The molecule has 0 saturated heterocycles. The third-order valence-corrected chi connectivity index (χ3v) is 6.59. The van der Waals surface area contributed by atoms with E-state index < -0.39 is 0 Å². The predicted molar refractivity (Wildman–Crippen MR) is 143 cm³/mol. The lowest BCUT2D eigenvalue weighted by molar-refractivity contribution is -0.112. The SMILES string of the molecule is Cc1ccc(C=C2Sc3ccc(C(=O)NCCCN(CC(C)C)CC(C)C)cc3NC2=O)cc1. The summed E-state index contributed by atoms with van der Waals surface area (Å²) in [6.45, 7) is 14.8. The zero-order valence-electron chi connectivity index (χ0n) is 21.0. The van der Waals surface area contributed by atoms with Crippen LogP contribution in [0.4, 0.5) is 5.69 Å². The molecule has 0 saturated carbocycles. The van der Waals surface area contributed by atoms with E-state index in [1.807, 2.05) is 49.4 Å². The summed E-state index contributed by atoms with van der Waals surface area (Å²) in [5.41, 5.74) is 3.42. The minimum Gasteiger partial charge on any atom is -0.352 e. The van der Waals surface area contributed by atoms with Gasteiger partial charge in [-0.15, -0.1) is 0 Å². The number of carbonyl (C=O) groups excluding carboxylic acids is 2. The summed E-state index contributed by atoms with van der Waals surface area (Å²) < 4.78 is 0. The number of benzene rings is 2. The lowest BCUT2D eigenvalue weighted by atomic mass is 10.1. The highest BCUT2D eigenvalue weighted by Gasteiger charge is 2.22. The maximum Gasteiger partial charge on any atom is 0.262 e. The van der Waals surface area contributed by atoms with Crippen LogP contribution in [0.3, 0.4) is 0 Å². The first kappa shape index (κ1) is 26.0. The molecule has 34 heavy (non-hydrogen) atoms. The van der Waals surface area contributed by atoms with Crippen LogP contribution in [0, 0.1) is 18.8 Å². The number of thioether (sulfide) groups is 1. The molecule has 3 rings (SSSR count). The lowest BCUT2D eigenvalue weighted by Crippen LogP contribution is -2.34. The van der Waals surface area contributed by atoms with E-state index in [1.165, 1.54) is 17.3 Å². The number of nitrogens with one attached hydrogen (secondary N) is 2. The van der Waals surface area contributed by atoms with Crippen molar-refractivity contribution < 1.29 is 9.59 Å². The second-order valence-corrected chi connectivity index (χ2v) is 10.9. The van der Waals surface area contributed by atoms with E-state index in [1.54, 1.807) is 6.07 Å². The fourth-order valence-corrected chi connectivity index (χ4v) is 4.94. The summed E-state index contributed by atoms with van der Waals surface area (Å²) in [6, 6.07) is 13.6. The minimum absolute atomic E-state index is 0.109. The fraction of sp³-hybridized carbons (Fsp3) is 0.429. The number of fused-ring (bicyclic) bond motifs is 1. The van der Waals surface area contributed by atoms with Crippen molar-refractivity contribution in [2.24, 2.45) is 11.8 Å². The van der Waals surface area contributed by atoms with Crippen molar-refractivity contribution in [3.8, 4) is 0 Å². The Morgan fingerprint density at radius 3 is 2.38 bits per heavy atom. The normalized spacial score (nSPS) is 14.6. The van der Waals surface area contributed by atoms with Gasteiger partial charge in [-0.25, -0.2) is 0 Å². The van der Waals surface area contributed by atoms with Crippen molar-refractivity contribution in [3.05, 3.63) is 64.1 Å². The topological polar surface area (TPSA) is 61.4 Å². The van der Waals surface area contributed by atoms with Crippen molar-refractivity contribution in [2.45, 2.75) is 45.9 Å². The first-order valence-corrected chi connectivity index (χ1v) is 12.9. The molecule has 1 heterocycles. The Bertz CT molecular complexity index is 1020. The van der Waals surface area contributed by atoms with Crippen molar-refractivity contribution in [1.82, 2.24) is 10.2 Å². The minimum atomic E-state index is -0.147. The molecule has 2 aromatic carbocycles. The predicted octanol–water partition coefficient (Wildman–Crippen LogP) is 5.81. The van der Waals surface area contributed by atoms with Gasteiger partial charge in [0.15, 0.2) is 0 Å². The summed E-state index contributed by atoms with van der Waals surface area (Å²) in [5.74, 6) is 1.00. The molecule has 2 N–H and O–H groups in total. The number of carbonyl (C=O) groups is 2. The molecular weight excluding hydrogens is 442 g/mol. The largest absolute Gasteiger partial charge is 0.352 e. The van der Waals surface area contributed by atoms with Crippen molar-refractivity contribution in [3.63, 3.8) is 0 Å². The molecule has 2 aromatic rings. The van der Waals surface area contributed by atoms with Gasteiger partial charge in [-0.05, 0) is 61.6 Å². The smallest absolute Gasteiger partial charge is 0.262 e. The number of amides is 2. The number of hydrogen-bond acceptors (Lipinski definition) is 4. The average molecular weight is 480 g/mol. The quantitative estimate of drug-likeness (QED) is 0.333. The van der Waals surface area contributed by atoms with E-state index in [2.05, 4.69) is 43.2 Å². The molecule has 0 unspecified atom stereocenters. The first-order chi connectivity index (χ1) is 16.2. The Kier molecular flexibility index (Phi) is 9.36. The van der Waals surface area contributed by atoms with Crippen LogP contribution in [-0.2, 0) is 4.79 Å². The van der Waals surface area contributed by atoms with E-state index in [0.29, 0.717) is 34.5 Å².